The van der Waals surface area contributed by atoms with E-state index < -0.39 is 0 Å². The van der Waals surface area contributed by atoms with E-state index in [-0.39, 0.29) is 5.91 Å². The third-order valence-corrected chi connectivity index (χ3v) is 2.63. The molecule has 0 bridgehead atoms. The van der Waals surface area contributed by atoms with Crippen molar-refractivity contribution in [1.29, 1.82) is 0 Å². The average Bonchev–Trinajstić information content (AvgIpc) is 2.82. The second-order valence-corrected chi connectivity index (χ2v) is 3.62. The molecule has 5 heteroatoms. The van der Waals surface area contributed by atoms with E-state index in [1.54, 1.807) is 0 Å². The molecule has 0 unspecified atom stereocenters. The van der Waals surface area contributed by atoms with Gasteiger partial charge in [-0.25, -0.2) is 5.84 Å². The van der Waals surface area contributed by atoms with Crippen LogP contribution in [0.25, 0.3) is 11.3 Å². The molecule has 1 amide bonds. The van der Waals surface area contributed by atoms with Gasteiger partial charge in [0.15, 0.2) is 0 Å². The number of hydrogen-bond acceptors (Lipinski definition) is 3. The second kappa shape index (κ2) is 4.80. The Balaban J connectivity index is 2.50. The summed E-state index contributed by atoms with van der Waals surface area (Å²) in [4.78, 5) is 11.5. The molecule has 1 heterocycles. The normalized spacial score (nSPS) is 10.2. The summed E-state index contributed by atoms with van der Waals surface area (Å²) in [5.74, 6) is 4.78. The number of rotatable bonds is 3. The fraction of sp³-hybridized carbons (Fsp3) is 0.167. The number of H-pyrrole nitrogens is 1. The zero-order chi connectivity index (χ0) is 12.3. The zero-order valence-electron chi connectivity index (χ0n) is 9.53. The number of nitrogens with two attached hydrogens (primary N) is 1. The molecule has 0 aliphatic rings. The quantitative estimate of drug-likeness (QED) is 0.421. The van der Waals surface area contributed by atoms with E-state index in [2.05, 4.69) is 15.6 Å². The molecule has 88 valence electrons. The molecule has 0 aliphatic heterocycles. The highest BCUT2D eigenvalue weighted by molar-refractivity contribution is 5.95. The molecule has 0 radical (unpaired) electrons. The Hall–Kier alpha value is -2.14. The highest BCUT2D eigenvalue weighted by atomic mass is 16.2. The van der Waals surface area contributed by atoms with Crippen molar-refractivity contribution in [1.82, 2.24) is 15.6 Å². The lowest BCUT2D eigenvalue weighted by molar-refractivity contribution is 0.0948. The highest BCUT2D eigenvalue weighted by Gasteiger charge is 2.17. The van der Waals surface area contributed by atoms with Crippen LogP contribution < -0.4 is 11.3 Å². The topological polar surface area (TPSA) is 83.8 Å². The number of hydrogen-bond donors (Lipinski definition) is 3. The molecule has 0 spiro atoms. The van der Waals surface area contributed by atoms with Gasteiger partial charge >= 0.3 is 0 Å². The van der Waals surface area contributed by atoms with Crippen LogP contribution in [0.1, 0.15) is 23.0 Å². The monoisotopic (exact) mass is 230 g/mol. The number of aromatic nitrogens is 2. The van der Waals surface area contributed by atoms with Gasteiger partial charge in [-0.2, -0.15) is 5.10 Å². The summed E-state index contributed by atoms with van der Waals surface area (Å²) in [7, 11) is 0. The van der Waals surface area contributed by atoms with Crippen molar-refractivity contribution in [2.45, 2.75) is 13.3 Å². The standard InChI is InChI=1S/C12H14N4O/c1-2-9-10(8-6-4-3-5-7-8)15-16-11(9)12(17)14-13/h3-7H,2,13H2,1H3,(H,14,17)(H,15,16). The minimum absolute atomic E-state index is 0.350. The van der Waals surface area contributed by atoms with Gasteiger partial charge in [-0.1, -0.05) is 37.3 Å². The summed E-state index contributed by atoms with van der Waals surface area (Å²) >= 11 is 0. The predicted octanol–water partition coefficient (Wildman–Crippen LogP) is 1.24. The van der Waals surface area contributed by atoms with E-state index in [4.69, 9.17) is 5.84 Å². The number of nitrogens with one attached hydrogen (secondary N) is 2. The minimum Gasteiger partial charge on any atom is -0.289 e. The van der Waals surface area contributed by atoms with Crippen LogP contribution in [0.4, 0.5) is 0 Å². The summed E-state index contributed by atoms with van der Waals surface area (Å²) in [5.41, 5.74) is 5.19. The first-order chi connectivity index (χ1) is 8.27. The van der Waals surface area contributed by atoms with E-state index >= 15 is 0 Å². The Bertz CT molecular complexity index is 519. The lowest BCUT2D eigenvalue weighted by Gasteiger charge is -2.02. The number of carbonyl (C=O) groups excluding carboxylic acids is 1. The van der Waals surface area contributed by atoms with E-state index in [0.29, 0.717) is 12.1 Å². The van der Waals surface area contributed by atoms with Crippen molar-refractivity contribution in [3.8, 4) is 11.3 Å². The third kappa shape index (κ3) is 2.05. The van der Waals surface area contributed by atoms with Crippen LogP contribution in [0.5, 0.6) is 0 Å². The molecule has 1 aromatic carbocycles. The molecule has 4 N–H and O–H groups in total. The number of nitrogens with zero attached hydrogens (tertiary/aromatic N) is 1. The maximum Gasteiger partial charge on any atom is 0.283 e. The molecule has 17 heavy (non-hydrogen) atoms. The second-order valence-electron chi connectivity index (χ2n) is 3.62. The van der Waals surface area contributed by atoms with E-state index in [9.17, 15) is 4.79 Å². The molecule has 0 aliphatic carbocycles. The van der Waals surface area contributed by atoms with Gasteiger partial charge in [0.1, 0.15) is 5.69 Å². The average molecular weight is 230 g/mol. The van der Waals surface area contributed by atoms with E-state index in [0.717, 1.165) is 16.8 Å². The van der Waals surface area contributed by atoms with Crippen LogP contribution in [0.3, 0.4) is 0 Å². The summed E-state index contributed by atoms with van der Waals surface area (Å²) in [6, 6.07) is 9.73. The van der Waals surface area contributed by atoms with Crippen molar-refractivity contribution in [2.75, 3.05) is 0 Å². The Morgan fingerprint density at radius 2 is 2.12 bits per heavy atom. The molecule has 2 rings (SSSR count). The van der Waals surface area contributed by atoms with Gasteiger partial charge in [-0.3, -0.25) is 15.3 Å². The maximum atomic E-state index is 11.5. The Morgan fingerprint density at radius 1 is 1.41 bits per heavy atom. The van der Waals surface area contributed by atoms with Crippen molar-refractivity contribution in [2.24, 2.45) is 5.84 Å². The molecule has 0 atom stereocenters. The molecular formula is C12H14N4O. The molecule has 0 fully saturated rings. The number of benzene rings is 1. The van der Waals surface area contributed by atoms with Gasteiger partial charge < -0.3 is 0 Å². The number of aromatic amines is 1. The minimum atomic E-state index is -0.350. The van der Waals surface area contributed by atoms with Gasteiger partial charge in [-0.15, -0.1) is 0 Å². The fourth-order valence-electron chi connectivity index (χ4n) is 1.80. The van der Waals surface area contributed by atoms with Crippen molar-refractivity contribution < 1.29 is 4.79 Å². The predicted molar refractivity (Wildman–Crippen MR) is 65.1 cm³/mol. The SMILES string of the molecule is CCc1c(-c2ccccc2)n[nH]c1C(=O)NN. The molecular weight excluding hydrogens is 216 g/mol. The van der Waals surface area contributed by atoms with Crippen LogP contribution in [-0.4, -0.2) is 16.1 Å². The van der Waals surface area contributed by atoms with Crippen LogP contribution >= 0.6 is 0 Å². The first-order valence-corrected chi connectivity index (χ1v) is 5.41. The van der Waals surface area contributed by atoms with Crippen LogP contribution in [0, 0.1) is 0 Å². The molecule has 0 saturated heterocycles. The molecule has 2 aromatic rings. The smallest absolute Gasteiger partial charge is 0.283 e. The van der Waals surface area contributed by atoms with Gasteiger partial charge in [0, 0.05) is 11.1 Å². The van der Waals surface area contributed by atoms with Crippen LogP contribution in [0.2, 0.25) is 0 Å². The maximum absolute atomic E-state index is 11.5. The first-order valence-electron chi connectivity index (χ1n) is 5.41. The van der Waals surface area contributed by atoms with Crippen molar-refractivity contribution in [3.63, 3.8) is 0 Å². The van der Waals surface area contributed by atoms with Crippen molar-refractivity contribution in [3.05, 3.63) is 41.6 Å². The molecule has 0 saturated carbocycles. The molecule has 1 aromatic heterocycles. The number of nitrogen functional groups attached to an aromatic ring is 1. The number of hydrazine groups is 1. The van der Waals surface area contributed by atoms with Gasteiger partial charge in [0.25, 0.3) is 5.91 Å². The summed E-state index contributed by atoms with van der Waals surface area (Å²) in [6.07, 6.45) is 0.712. The third-order valence-electron chi connectivity index (χ3n) is 2.63. The van der Waals surface area contributed by atoms with Gasteiger partial charge in [0.05, 0.1) is 5.69 Å². The first kappa shape index (κ1) is 11.3. The molecule has 5 nitrogen and oxygen atoms in total. The van der Waals surface area contributed by atoms with Crippen molar-refractivity contribution >= 4 is 5.91 Å². The number of amides is 1. The Labute approximate surface area is 99.0 Å². The van der Waals surface area contributed by atoms with E-state index in [1.807, 2.05) is 37.3 Å². The van der Waals surface area contributed by atoms with Crippen LogP contribution in [0.15, 0.2) is 30.3 Å². The fourth-order valence-corrected chi connectivity index (χ4v) is 1.80. The van der Waals surface area contributed by atoms with Gasteiger partial charge in [-0.05, 0) is 6.42 Å². The largest absolute Gasteiger partial charge is 0.289 e. The lowest BCUT2D eigenvalue weighted by atomic mass is 10.0. The Kier molecular flexibility index (Phi) is 3.20. The summed E-state index contributed by atoms with van der Waals surface area (Å²) < 4.78 is 0. The highest BCUT2D eigenvalue weighted by Crippen LogP contribution is 2.23. The lowest BCUT2D eigenvalue weighted by Crippen LogP contribution is -2.31. The zero-order valence-corrected chi connectivity index (χ0v) is 9.53. The summed E-state index contributed by atoms with van der Waals surface area (Å²) in [6.45, 7) is 1.98. The van der Waals surface area contributed by atoms with Crippen LogP contribution in [-0.2, 0) is 6.42 Å². The number of carbonyl (C=O) groups is 1. The Morgan fingerprint density at radius 3 is 2.71 bits per heavy atom. The van der Waals surface area contributed by atoms with Gasteiger partial charge in [0.2, 0.25) is 0 Å². The van der Waals surface area contributed by atoms with E-state index in [1.165, 1.54) is 0 Å². The summed E-state index contributed by atoms with van der Waals surface area (Å²) in [5, 5.41) is 6.92.